The quantitative estimate of drug-likeness (QED) is 0.730. The average Bonchev–Trinajstić information content (AvgIpc) is 3.16. The van der Waals surface area contributed by atoms with Crippen molar-refractivity contribution in [2.24, 2.45) is 0 Å². The van der Waals surface area contributed by atoms with Crippen LogP contribution in [0.25, 0.3) is 11.5 Å². The Balaban J connectivity index is 1.73. The zero-order valence-corrected chi connectivity index (χ0v) is 13.4. The van der Waals surface area contributed by atoms with E-state index in [9.17, 15) is 9.59 Å². The second-order valence-electron chi connectivity index (χ2n) is 5.00. The first kappa shape index (κ1) is 15.2. The molecule has 6 heteroatoms. The number of anilines is 1. The summed E-state index contributed by atoms with van der Waals surface area (Å²) in [6, 6.07) is 10.0. The molecule has 0 aliphatic rings. The number of rotatable bonds is 4. The number of Topliss-reactive ketones (excluding diaryl/α,β-unsaturated/α-hetero) is 1. The normalized spacial score (nSPS) is 10.5. The second-order valence-corrected chi connectivity index (χ2v) is 6.07. The van der Waals surface area contributed by atoms with Gasteiger partial charge in [-0.05, 0) is 50.2 Å². The summed E-state index contributed by atoms with van der Waals surface area (Å²) >= 11 is 1.52. The van der Waals surface area contributed by atoms with E-state index in [1.54, 1.807) is 36.4 Å². The summed E-state index contributed by atoms with van der Waals surface area (Å²) in [5.74, 6) is 0.406. The summed E-state index contributed by atoms with van der Waals surface area (Å²) in [5, 5.41) is 5.56. The molecule has 0 radical (unpaired) electrons. The van der Waals surface area contributed by atoms with E-state index >= 15 is 0 Å². The fourth-order valence-corrected chi connectivity index (χ4v) is 2.66. The van der Waals surface area contributed by atoms with Gasteiger partial charge in [-0.3, -0.25) is 9.59 Å². The van der Waals surface area contributed by atoms with E-state index in [1.807, 2.05) is 12.3 Å². The van der Waals surface area contributed by atoms with Gasteiger partial charge in [0.05, 0.1) is 5.01 Å². The zero-order chi connectivity index (χ0) is 16.4. The van der Waals surface area contributed by atoms with Crippen molar-refractivity contribution >= 4 is 28.7 Å². The minimum atomic E-state index is -0.348. The van der Waals surface area contributed by atoms with E-state index in [0.717, 1.165) is 10.7 Å². The van der Waals surface area contributed by atoms with Crippen LogP contribution in [0.15, 0.2) is 46.2 Å². The molecule has 0 saturated carbocycles. The maximum atomic E-state index is 12.2. The molecule has 3 aromatic rings. The molecule has 0 unspecified atom stereocenters. The van der Waals surface area contributed by atoms with Gasteiger partial charge in [-0.25, -0.2) is 4.98 Å². The number of ketones is 1. The summed E-state index contributed by atoms with van der Waals surface area (Å²) < 4.78 is 5.56. The number of nitrogens with one attached hydrogen (secondary N) is 1. The lowest BCUT2D eigenvalue weighted by Gasteiger charge is -2.03. The molecule has 23 heavy (non-hydrogen) atoms. The lowest BCUT2D eigenvalue weighted by atomic mass is 10.1. The third-order valence-corrected chi connectivity index (χ3v) is 4.02. The van der Waals surface area contributed by atoms with E-state index in [0.29, 0.717) is 17.0 Å². The molecule has 0 atom stereocenters. The van der Waals surface area contributed by atoms with Crippen LogP contribution in [0.1, 0.15) is 32.8 Å². The Hall–Kier alpha value is -2.73. The number of hydrogen-bond acceptors (Lipinski definition) is 5. The highest BCUT2D eigenvalue weighted by Gasteiger charge is 2.14. The second kappa shape index (κ2) is 6.18. The van der Waals surface area contributed by atoms with Crippen molar-refractivity contribution < 1.29 is 14.0 Å². The molecule has 0 fully saturated rings. The van der Waals surface area contributed by atoms with Crippen molar-refractivity contribution in [3.8, 4) is 11.5 Å². The van der Waals surface area contributed by atoms with E-state index < -0.39 is 0 Å². The van der Waals surface area contributed by atoms with Crippen LogP contribution in [0.5, 0.6) is 0 Å². The van der Waals surface area contributed by atoms with Crippen molar-refractivity contribution in [1.29, 1.82) is 0 Å². The van der Waals surface area contributed by atoms with Gasteiger partial charge >= 0.3 is 0 Å². The summed E-state index contributed by atoms with van der Waals surface area (Å²) in [4.78, 5) is 27.8. The van der Waals surface area contributed by atoms with Gasteiger partial charge in [0.1, 0.15) is 5.69 Å². The molecule has 0 aliphatic heterocycles. The number of aryl methyl sites for hydroxylation is 1. The standard InChI is InChI=1S/C17H14N2O3S/c1-10(20)12-3-5-13(6-4-12)19-17(21)16-8-7-15(22-16)14-9-23-11(2)18-14/h3-9H,1-2H3,(H,19,21). The number of nitrogens with zero attached hydrogens (tertiary/aromatic N) is 1. The van der Waals surface area contributed by atoms with Crippen molar-refractivity contribution in [3.63, 3.8) is 0 Å². The third kappa shape index (κ3) is 3.37. The van der Waals surface area contributed by atoms with Crippen LogP contribution < -0.4 is 5.32 Å². The van der Waals surface area contributed by atoms with Crippen molar-refractivity contribution in [2.45, 2.75) is 13.8 Å². The van der Waals surface area contributed by atoms with Gasteiger partial charge in [0.2, 0.25) is 0 Å². The number of aromatic nitrogens is 1. The van der Waals surface area contributed by atoms with Crippen molar-refractivity contribution in [1.82, 2.24) is 4.98 Å². The zero-order valence-electron chi connectivity index (χ0n) is 12.6. The number of amides is 1. The number of carbonyl (C=O) groups excluding carboxylic acids is 2. The van der Waals surface area contributed by atoms with Gasteiger partial charge in [-0.2, -0.15) is 0 Å². The van der Waals surface area contributed by atoms with Crippen LogP contribution in [0.3, 0.4) is 0 Å². The van der Waals surface area contributed by atoms with Gasteiger partial charge in [0.15, 0.2) is 17.3 Å². The van der Waals surface area contributed by atoms with Gasteiger partial charge in [-0.15, -0.1) is 11.3 Å². The number of thiazole rings is 1. The molecule has 1 amide bonds. The number of carbonyl (C=O) groups is 2. The highest BCUT2D eigenvalue weighted by atomic mass is 32.1. The maximum Gasteiger partial charge on any atom is 0.291 e. The fraction of sp³-hybridized carbons (Fsp3) is 0.118. The Kier molecular flexibility index (Phi) is 4.08. The molecular weight excluding hydrogens is 312 g/mol. The predicted octanol–water partition coefficient (Wildman–Crippen LogP) is 4.17. The fourth-order valence-electron chi connectivity index (χ4n) is 2.06. The van der Waals surface area contributed by atoms with Crippen LogP contribution in [-0.4, -0.2) is 16.7 Å². The summed E-state index contributed by atoms with van der Waals surface area (Å²) in [7, 11) is 0. The first-order chi connectivity index (χ1) is 11.0. The number of hydrogen-bond donors (Lipinski definition) is 1. The maximum absolute atomic E-state index is 12.2. The molecule has 2 heterocycles. The topological polar surface area (TPSA) is 72.2 Å². The minimum Gasteiger partial charge on any atom is -0.449 e. The molecule has 1 aromatic carbocycles. The smallest absolute Gasteiger partial charge is 0.291 e. The SMILES string of the molecule is CC(=O)c1ccc(NC(=O)c2ccc(-c3csc(C)n3)o2)cc1. The molecule has 0 saturated heterocycles. The molecule has 116 valence electrons. The Labute approximate surface area is 137 Å². The van der Waals surface area contributed by atoms with Gasteiger partial charge in [0, 0.05) is 16.6 Å². The first-order valence-corrected chi connectivity index (χ1v) is 7.85. The van der Waals surface area contributed by atoms with Gasteiger partial charge in [-0.1, -0.05) is 0 Å². The van der Waals surface area contributed by atoms with Crippen LogP contribution in [-0.2, 0) is 0 Å². The summed E-state index contributed by atoms with van der Waals surface area (Å²) in [6.45, 7) is 3.41. The molecular formula is C17H14N2O3S. The van der Waals surface area contributed by atoms with Crippen LogP contribution >= 0.6 is 11.3 Å². The summed E-state index contributed by atoms with van der Waals surface area (Å²) in [6.07, 6.45) is 0. The van der Waals surface area contributed by atoms with Crippen molar-refractivity contribution in [3.05, 3.63) is 58.1 Å². The van der Waals surface area contributed by atoms with E-state index in [-0.39, 0.29) is 17.5 Å². The number of furan rings is 1. The predicted molar refractivity (Wildman–Crippen MR) is 89.0 cm³/mol. The number of benzene rings is 1. The first-order valence-electron chi connectivity index (χ1n) is 6.97. The van der Waals surface area contributed by atoms with Crippen molar-refractivity contribution in [2.75, 3.05) is 5.32 Å². The Morgan fingerprint density at radius 3 is 2.48 bits per heavy atom. The minimum absolute atomic E-state index is 0.0166. The highest BCUT2D eigenvalue weighted by Crippen LogP contribution is 2.24. The molecule has 2 aromatic heterocycles. The largest absolute Gasteiger partial charge is 0.449 e. The van der Waals surface area contributed by atoms with E-state index in [4.69, 9.17) is 4.42 Å². The Bertz CT molecular complexity index is 862. The molecule has 0 bridgehead atoms. The molecule has 0 spiro atoms. The lowest BCUT2D eigenvalue weighted by molar-refractivity contribution is 0.0995. The van der Waals surface area contributed by atoms with Gasteiger partial charge < -0.3 is 9.73 Å². The third-order valence-electron chi connectivity index (χ3n) is 3.25. The Morgan fingerprint density at radius 1 is 1.13 bits per heavy atom. The summed E-state index contributed by atoms with van der Waals surface area (Å²) in [5.41, 5.74) is 1.92. The average molecular weight is 326 g/mol. The molecule has 3 rings (SSSR count). The van der Waals surface area contributed by atoms with Crippen LogP contribution in [0, 0.1) is 6.92 Å². The van der Waals surface area contributed by atoms with Crippen LogP contribution in [0.4, 0.5) is 5.69 Å². The van der Waals surface area contributed by atoms with E-state index in [1.165, 1.54) is 18.3 Å². The Morgan fingerprint density at radius 2 is 1.87 bits per heavy atom. The van der Waals surface area contributed by atoms with Crippen LogP contribution in [0.2, 0.25) is 0 Å². The lowest BCUT2D eigenvalue weighted by Crippen LogP contribution is -2.10. The van der Waals surface area contributed by atoms with Gasteiger partial charge in [0.25, 0.3) is 5.91 Å². The molecule has 5 nitrogen and oxygen atoms in total. The monoisotopic (exact) mass is 326 g/mol. The molecule has 0 aliphatic carbocycles. The molecule has 1 N–H and O–H groups in total. The van der Waals surface area contributed by atoms with E-state index in [2.05, 4.69) is 10.3 Å². The highest BCUT2D eigenvalue weighted by molar-refractivity contribution is 7.09.